The molecule has 1 aromatic rings. The molecule has 3 nitrogen and oxygen atoms in total. The highest BCUT2D eigenvalue weighted by molar-refractivity contribution is 5.96. The molecule has 23 heavy (non-hydrogen) atoms. The van der Waals surface area contributed by atoms with Crippen LogP contribution in [0.15, 0.2) is 18.2 Å². The maximum absolute atomic E-state index is 12.7. The van der Waals surface area contributed by atoms with Crippen molar-refractivity contribution in [3.05, 3.63) is 34.9 Å². The summed E-state index contributed by atoms with van der Waals surface area (Å²) in [5, 5.41) is 0. The minimum atomic E-state index is 0.241. The predicted octanol–water partition coefficient (Wildman–Crippen LogP) is 3.51. The van der Waals surface area contributed by atoms with Gasteiger partial charge >= 0.3 is 0 Å². The number of fused-ring (bicyclic) bond motifs is 1. The number of unbranched alkanes of at least 4 members (excludes halogenated alkanes) is 2. The van der Waals surface area contributed by atoms with E-state index in [9.17, 15) is 4.79 Å². The summed E-state index contributed by atoms with van der Waals surface area (Å²) >= 11 is 0. The molecular formula is C20H30N2O. The van der Waals surface area contributed by atoms with E-state index in [2.05, 4.69) is 34.9 Å². The number of likely N-dealkylation sites (tertiary alicyclic amines) is 1. The minimum absolute atomic E-state index is 0.241. The molecule has 1 saturated heterocycles. The summed E-state index contributed by atoms with van der Waals surface area (Å²) in [6, 6.07) is 6.51. The van der Waals surface area contributed by atoms with E-state index in [1.54, 1.807) is 0 Å². The van der Waals surface area contributed by atoms with E-state index in [1.807, 2.05) is 0 Å². The molecule has 0 atom stereocenters. The molecule has 0 saturated carbocycles. The van der Waals surface area contributed by atoms with E-state index in [0.717, 1.165) is 38.0 Å². The Balaban J connectivity index is 1.58. The molecule has 0 unspecified atom stereocenters. The standard InChI is InChI=1S/C20H30N2O/c1-2-3-4-7-17-8-9-19-18(16-17)10-13-22(20(19)23)15-14-21-11-5-6-12-21/h8-9,16H,2-7,10-15H2,1H3. The minimum Gasteiger partial charge on any atom is -0.337 e. The van der Waals surface area contributed by atoms with Crippen LogP contribution in [0, 0.1) is 0 Å². The van der Waals surface area contributed by atoms with Gasteiger partial charge in [0.05, 0.1) is 0 Å². The van der Waals surface area contributed by atoms with Crippen molar-refractivity contribution in [3.8, 4) is 0 Å². The number of hydrogen-bond donors (Lipinski definition) is 0. The van der Waals surface area contributed by atoms with Gasteiger partial charge < -0.3 is 9.80 Å². The molecule has 0 radical (unpaired) electrons. The van der Waals surface area contributed by atoms with E-state index in [0.29, 0.717) is 0 Å². The largest absolute Gasteiger partial charge is 0.337 e. The summed E-state index contributed by atoms with van der Waals surface area (Å²) in [6.45, 7) is 7.46. The number of nitrogens with zero attached hydrogens (tertiary/aromatic N) is 2. The molecule has 0 aliphatic carbocycles. The van der Waals surface area contributed by atoms with Crippen LogP contribution in [0.25, 0.3) is 0 Å². The van der Waals surface area contributed by atoms with Crippen LogP contribution in [-0.2, 0) is 12.8 Å². The molecule has 0 spiro atoms. The number of benzene rings is 1. The topological polar surface area (TPSA) is 23.6 Å². The average molecular weight is 314 g/mol. The van der Waals surface area contributed by atoms with Crippen LogP contribution in [0.1, 0.15) is 60.5 Å². The zero-order valence-electron chi connectivity index (χ0n) is 14.5. The molecule has 126 valence electrons. The molecule has 3 heteroatoms. The van der Waals surface area contributed by atoms with Crippen molar-refractivity contribution in [2.24, 2.45) is 0 Å². The summed E-state index contributed by atoms with van der Waals surface area (Å²) in [4.78, 5) is 17.2. The van der Waals surface area contributed by atoms with Crippen LogP contribution in [0.2, 0.25) is 0 Å². The van der Waals surface area contributed by atoms with Crippen molar-refractivity contribution in [2.45, 2.75) is 51.9 Å². The number of rotatable bonds is 7. The zero-order valence-corrected chi connectivity index (χ0v) is 14.5. The van der Waals surface area contributed by atoms with E-state index in [1.165, 1.54) is 56.3 Å². The van der Waals surface area contributed by atoms with Crippen molar-refractivity contribution in [2.75, 3.05) is 32.7 Å². The molecule has 3 rings (SSSR count). The first-order valence-corrected chi connectivity index (χ1v) is 9.41. The quantitative estimate of drug-likeness (QED) is 0.719. The first-order chi connectivity index (χ1) is 11.3. The van der Waals surface area contributed by atoms with Crippen molar-refractivity contribution in [3.63, 3.8) is 0 Å². The molecule has 2 heterocycles. The maximum atomic E-state index is 12.7. The Morgan fingerprint density at radius 1 is 1.04 bits per heavy atom. The van der Waals surface area contributed by atoms with Crippen molar-refractivity contribution in [1.29, 1.82) is 0 Å². The highest BCUT2D eigenvalue weighted by atomic mass is 16.2. The summed E-state index contributed by atoms with van der Waals surface area (Å²) in [7, 11) is 0. The summed E-state index contributed by atoms with van der Waals surface area (Å²) in [6.07, 6.45) is 8.60. The van der Waals surface area contributed by atoms with Crippen LogP contribution in [0.3, 0.4) is 0 Å². The average Bonchev–Trinajstić information content (AvgIpc) is 3.08. The van der Waals surface area contributed by atoms with Gasteiger partial charge in [-0.2, -0.15) is 0 Å². The number of amides is 1. The lowest BCUT2D eigenvalue weighted by Gasteiger charge is -2.30. The second kappa shape index (κ2) is 7.96. The van der Waals surface area contributed by atoms with Gasteiger partial charge in [0.2, 0.25) is 0 Å². The number of aryl methyl sites for hydroxylation is 1. The Labute approximate surface area is 140 Å². The third kappa shape index (κ3) is 4.14. The first kappa shape index (κ1) is 16.5. The van der Waals surface area contributed by atoms with Crippen LogP contribution >= 0.6 is 0 Å². The third-order valence-corrected chi connectivity index (χ3v) is 5.29. The first-order valence-electron chi connectivity index (χ1n) is 9.41. The third-order valence-electron chi connectivity index (χ3n) is 5.29. The predicted molar refractivity (Wildman–Crippen MR) is 95.0 cm³/mol. The van der Waals surface area contributed by atoms with Crippen molar-refractivity contribution in [1.82, 2.24) is 9.80 Å². The van der Waals surface area contributed by atoms with Gasteiger partial charge in [0.1, 0.15) is 0 Å². The second-order valence-electron chi connectivity index (χ2n) is 7.04. The lowest BCUT2D eigenvalue weighted by atomic mass is 9.95. The Bertz CT molecular complexity index is 534. The van der Waals surface area contributed by atoms with E-state index in [-0.39, 0.29) is 5.91 Å². The molecule has 1 fully saturated rings. The number of hydrogen-bond acceptors (Lipinski definition) is 2. The monoisotopic (exact) mass is 314 g/mol. The maximum Gasteiger partial charge on any atom is 0.254 e. The Morgan fingerprint density at radius 3 is 2.65 bits per heavy atom. The Morgan fingerprint density at radius 2 is 1.87 bits per heavy atom. The van der Waals surface area contributed by atoms with Gasteiger partial charge in [-0.15, -0.1) is 0 Å². The highest BCUT2D eigenvalue weighted by Crippen LogP contribution is 2.21. The Hall–Kier alpha value is -1.35. The molecule has 1 aromatic carbocycles. The fraction of sp³-hybridized carbons (Fsp3) is 0.650. The number of carbonyl (C=O) groups is 1. The van der Waals surface area contributed by atoms with Crippen molar-refractivity contribution < 1.29 is 4.79 Å². The number of carbonyl (C=O) groups excluding carboxylic acids is 1. The Kier molecular flexibility index (Phi) is 5.71. The van der Waals surface area contributed by atoms with Crippen LogP contribution < -0.4 is 0 Å². The molecule has 0 bridgehead atoms. The lowest BCUT2D eigenvalue weighted by molar-refractivity contribution is 0.0724. The van der Waals surface area contributed by atoms with Crippen molar-refractivity contribution >= 4 is 5.91 Å². The molecule has 0 N–H and O–H groups in total. The lowest BCUT2D eigenvalue weighted by Crippen LogP contribution is -2.42. The van der Waals surface area contributed by atoms with Gasteiger partial charge in [-0.25, -0.2) is 0 Å². The molecule has 0 aromatic heterocycles. The summed E-state index contributed by atoms with van der Waals surface area (Å²) < 4.78 is 0. The highest BCUT2D eigenvalue weighted by Gasteiger charge is 2.25. The van der Waals surface area contributed by atoms with Gasteiger partial charge in [0, 0.05) is 25.2 Å². The fourth-order valence-corrected chi connectivity index (χ4v) is 3.81. The van der Waals surface area contributed by atoms with Gasteiger partial charge in [-0.1, -0.05) is 31.9 Å². The summed E-state index contributed by atoms with van der Waals surface area (Å²) in [5.74, 6) is 0.241. The molecule has 2 aliphatic rings. The van der Waals surface area contributed by atoms with E-state index in [4.69, 9.17) is 0 Å². The SMILES string of the molecule is CCCCCc1ccc2c(c1)CCN(CCN1CCCC1)C2=O. The fourth-order valence-electron chi connectivity index (χ4n) is 3.81. The normalized spacial score (nSPS) is 18.5. The van der Waals surface area contributed by atoms with Gasteiger partial charge in [-0.05, 0) is 62.4 Å². The van der Waals surface area contributed by atoms with Gasteiger partial charge in [0.15, 0.2) is 0 Å². The summed E-state index contributed by atoms with van der Waals surface area (Å²) in [5.41, 5.74) is 3.61. The molecule has 1 amide bonds. The van der Waals surface area contributed by atoms with Crippen LogP contribution in [0.5, 0.6) is 0 Å². The van der Waals surface area contributed by atoms with Gasteiger partial charge in [-0.3, -0.25) is 4.79 Å². The van der Waals surface area contributed by atoms with Crippen LogP contribution in [0.4, 0.5) is 0 Å². The van der Waals surface area contributed by atoms with E-state index >= 15 is 0 Å². The van der Waals surface area contributed by atoms with Gasteiger partial charge in [0.25, 0.3) is 5.91 Å². The molecule has 2 aliphatic heterocycles. The molecular weight excluding hydrogens is 284 g/mol. The van der Waals surface area contributed by atoms with E-state index < -0.39 is 0 Å². The van der Waals surface area contributed by atoms with Crippen LogP contribution in [-0.4, -0.2) is 48.4 Å². The zero-order chi connectivity index (χ0) is 16.1. The smallest absolute Gasteiger partial charge is 0.254 e. The second-order valence-corrected chi connectivity index (χ2v) is 7.04.